The molecule has 0 aromatic rings. The van der Waals surface area contributed by atoms with Gasteiger partial charge >= 0.3 is 0 Å². The fraction of sp³-hybridized carbons (Fsp3) is 1.00. The maximum absolute atomic E-state index is 2.55. The van der Waals surface area contributed by atoms with E-state index in [0.717, 1.165) is 52.8 Å². The molecule has 0 heteroatoms. The van der Waals surface area contributed by atoms with Crippen molar-refractivity contribution >= 4 is 0 Å². The van der Waals surface area contributed by atoms with Crippen molar-refractivity contribution in [2.75, 3.05) is 0 Å². The first-order valence-corrected chi connectivity index (χ1v) is 15.1. The fourth-order valence-corrected chi connectivity index (χ4v) is 10.8. The lowest BCUT2D eigenvalue weighted by Crippen LogP contribution is -2.46. The molecule has 0 radical (unpaired) electrons. The third-order valence-electron chi connectivity index (χ3n) is 12.4. The van der Waals surface area contributed by atoms with Gasteiger partial charge in [-0.2, -0.15) is 0 Å². The molecule has 5 fully saturated rings. The summed E-state index contributed by atoms with van der Waals surface area (Å²) in [6.45, 7) is 15.3. The van der Waals surface area contributed by atoms with E-state index in [9.17, 15) is 0 Å². The van der Waals surface area contributed by atoms with E-state index in [2.05, 4.69) is 41.5 Å². The summed E-state index contributed by atoms with van der Waals surface area (Å²) in [5.74, 6) is 8.41. The Kier molecular flexibility index (Phi) is 6.37. The van der Waals surface area contributed by atoms with Crippen LogP contribution in [0.1, 0.15) is 138 Å². The van der Waals surface area contributed by atoms with Gasteiger partial charge in [0, 0.05) is 0 Å². The summed E-state index contributed by atoms with van der Waals surface area (Å²) in [7, 11) is 0. The smallest absolute Gasteiger partial charge is 0.0235 e. The van der Waals surface area contributed by atoms with Gasteiger partial charge in [0.1, 0.15) is 0 Å². The minimum absolute atomic E-state index is 0.504. The molecule has 5 rings (SSSR count). The van der Waals surface area contributed by atoms with E-state index in [1.165, 1.54) is 32.1 Å². The Labute approximate surface area is 201 Å². The van der Waals surface area contributed by atoms with Crippen molar-refractivity contribution in [1.82, 2.24) is 0 Å². The highest BCUT2D eigenvalue weighted by Crippen LogP contribution is 2.69. The molecule has 0 saturated heterocycles. The van der Waals surface area contributed by atoms with E-state index in [0.29, 0.717) is 10.8 Å². The molecule has 184 valence electrons. The SMILES string of the molecule is CC(C)(C)C1CCC2C3CCC(C(C)(C)C)CC3C(C3(C4CCCC4)CCCCC3)C2C1. The zero-order chi connectivity index (χ0) is 22.7. The minimum Gasteiger partial charge on any atom is -0.0599 e. The summed E-state index contributed by atoms with van der Waals surface area (Å²) < 4.78 is 0. The third kappa shape index (κ3) is 4.04. The average Bonchev–Trinajstić information content (AvgIpc) is 3.39. The van der Waals surface area contributed by atoms with Gasteiger partial charge in [-0.05, 0) is 128 Å². The minimum atomic E-state index is 0.504. The van der Waals surface area contributed by atoms with Crippen LogP contribution in [-0.4, -0.2) is 0 Å². The zero-order valence-electron chi connectivity index (χ0n) is 22.7. The Morgan fingerprint density at radius 3 is 1.41 bits per heavy atom. The van der Waals surface area contributed by atoms with Crippen molar-refractivity contribution in [2.45, 2.75) is 138 Å². The van der Waals surface area contributed by atoms with Gasteiger partial charge in [0.05, 0.1) is 0 Å². The average molecular weight is 441 g/mol. The predicted molar refractivity (Wildman–Crippen MR) is 139 cm³/mol. The van der Waals surface area contributed by atoms with Crippen LogP contribution in [0.3, 0.4) is 0 Å². The maximum Gasteiger partial charge on any atom is -0.0235 e. The molecule has 0 bridgehead atoms. The molecule has 0 nitrogen and oxygen atoms in total. The van der Waals surface area contributed by atoms with Crippen molar-refractivity contribution in [1.29, 1.82) is 0 Å². The molecule has 0 N–H and O–H groups in total. The van der Waals surface area contributed by atoms with Crippen molar-refractivity contribution in [2.24, 2.45) is 63.6 Å². The van der Waals surface area contributed by atoms with Crippen LogP contribution >= 0.6 is 0 Å². The highest BCUT2D eigenvalue weighted by Gasteiger charge is 2.62. The number of hydrogen-bond acceptors (Lipinski definition) is 0. The largest absolute Gasteiger partial charge is 0.0599 e. The second-order valence-electron chi connectivity index (χ2n) is 15.7. The van der Waals surface area contributed by atoms with Crippen LogP contribution in [0.25, 0.3) is 0 Å². The normalized spacial score (nSPS) is 43.1. The molecule has 0 aromatic carbocycles. The maximum atomic E-state index is 2.55. The monoisotopic (exact) mass is 440 g/mol. The zero-order valence-corrected chi connectivity index (χ0v) is 22.7. The molecule has 0 aromatic heterocycles. The van der Waals surface area contributed by atoms with E-state index < -0.39 is 0 Å². The van der Waals surface area contributed by atoms with E-state index in [-0.39, 0.29) is 0 Å². The Morgan fingerprint density at radius 1 is 0.500 bits per heavy atom. The van der Waals surface area contributed by atoms with E-state index in [1.54, 1.807) is 64.2 Å². The predicted octanol–water partition coefficient (Wildman–Crippen LogP) is 9.91. The lowest BCUT2D eigenvalue weighted by molar-refractivity contribution is -0.0492. The summed E-state index contributed by atoms with van der Waals surface area (Å²) in [5.41, 5.74) is 1.74. The molecule has 5 saturated carbocycles. The standard InChI is InChI=1S/C32H56/c1-30(2,3)23-14-16-25-26-17-15-24(31(4,5)6)21-28(26)29(27(25)20-23)32(18-10-7-11-19-32)22-12-8-9-13-22/h22-29H,7-21H2,1-6H3. The van der Waals surface area contributed by atoms with Crippen LogP contribution < -0.4 is 0 Å². The van der Waals surface area contributed by atoms with Gasteiger partial charge in [-0.15, -0.1) is 0 Å². The molecule has 0 aliphatic heterocycles. The molecular formula is C32H56. The molecule has 6 unspecified atom stereocenters. The van der Waals surface area contributed by atoms with E-state index in [4.69, 9.17) is 0 Å². The van der Waals surface area contributed by atoms with Crippen molar-refractivity contribution in [3.8, 4) is 0 Å². The number of hydrogen-bond donors (Lipinski definition) is 0. The molecule has 0 spiro atoms. The topological polar surface area (TPSA) is 0 Å². The Bertz CT molecular complexity index is 594. The van der Waals surface area contributed by atoms with Crippen LogP contribution in [0, 0.1) is 63.6 Å². The summed E-state index contributed by atoms with van der Waals surface area (Å²) in [5, 5.41) is 0. The summed E-state index contributed by atoms with van der Waals surface area (Å²) in [6.07, 6.45) is 23.4. The summed E-state index contributed by atoms with van der Waals surface area (Å²) in [6, 6.07) is 0. The van der Waals surface area contributed by atoms with Gasteiger partial charge in [0.15, 0.2) is 0 Å². The Balaban J connectivity index is 1.53. The second-order valence-corrected chi connectivity index (χ2v) is 15.7. The van der Waals surface area contributed by atoms with Crippen LogP contribution in [0.2, 0.25) is 0 Å². The van der Waals surface area contributed by atoms with Gasteiger partial charge in [-0.1, -0.05) is 73.6 Å². The van der Waals surface area contributed by atoms with Crippen LogP contribution in [0.15, 0.2) is 0 Å². The van der Waals surface area contributed by atoms with Gasteiger partial charge in [0.25, 0.3) is 0 Å². The van der Waals surface area contributed by atoms with Gasteiger partial charge in [-0.3, -0.25) is 0 Å². The van der Waals surface area contributed by atoms with E-state index in [1.807, 2.05) is 0 Å². The van der Waals surface area contributed by atoms with E-state index >= 15 is 0 Å². The Hall–Kier alpha value is 0. The van der Waals surface area contributed by atoms with Crippen LogP contribution in [0.4, 0.5) is 0 Å². The molecule has 0 amide bonds. The molecule has 5 aliphatic rings. The molecule has 6 atom stereocenters. The van der Waals surface area contributed by atoms with Crippen LogP contribution in [-0.2, 0) is 0 Å². The van der Waals surface area contributed by atoms with Crippen molar-refractivity contribution in [3.05, 3.63) is 0 Å². The van der Waals surface area contributed by atoms with Gasteiger partial charge < -0.3 is 0 Å². The highest BCUT2D eigenvalue weighted by atomic mass is 14.7. The number of rotatable bonds is 2. The summed E-state index contributed by atoms with van der Waals surface area (Å²) >= 11 is 0. The molecule has 32 heavy (non-hydrogen) atoms. The molecular weight excluding hydrogens is 384 g/mol. The third-order valence-corrected chi connectivity index (χ3v) is 12.4. The second kappa shape index (κ2) is 8.59. The van der Waals surface area contributed by atoms with Crippen molar-refractivity contribution < 1.29 is 0 Å². The van der Waals surface area contributed by atoms with Gasteiger partial charge in [-0.25, -0.2) is 0 Å². The molecule has 5 aliphatic carbocycles. The van der Waals surface area contributed by atoms with Gasteiger partial charge in [0.2, 0.25) is 0 Å². The summed E-state index contributed by atoms with van der Waals surface area (Å²) in [4.78, 5) is 0. The van der Waals surface area contributed by atoms with Crippen LogP contribution in [0.5, 0.6) is 0 Å². The fourth-order valence-electron chi connectivity index (χ4n) is 10.8. The molecule has 0 heterocycles. The quantitative estimate of drug-likeness (QED) is 0.400. The first-order valence-electron chi connectivity index (χ1n) is 15.1. The lowest BCUT2D eigenvalue weighted by Gasteiger charge is -2.54. The Morgan fingerprint density at radius 2 is 0.969 bits per heavy atom. The highest BCUT2D eigenvalue weighted by molar-refractivity contribution is 5.11. The number of fused-ring (bicyclic) bond motifs is 3. The first-order chi connectivity index (χ1) is 15.1. The lowest BCUT2D eigenvalue weighted by atomic mass is 9.51. The van der Waals surface area contributed by atoms with Crippen molar-refractivity contribution in [3.63, 3.8) is 0 Å². The first kappa shape index (κ1) is 23.7.